The summed E-state index contributed by atoms with van der Waals surface area (Å²) in [4.78, 5) is 16.7. The van der Waals surface area contributed by atoms with Crippen molar-refractivity contribution >= 4 is 11.7 Å². The molecule has 0 aliphatic heterocycles. The molecule has 6 heteroatoms. The minimum Gasteiger partial charge on any atom is -0.493 e. The SMILES string of the molecule is CCOC(=O)C[C@@H]1CCc2cc(OCCc3nc(-c4ccc(C)c(NCc5ccccc5)c4)oc3C)ccc21. The number of fused-ring (bicyclic) bond motifs is 1. The molecular formula is C33H36N2O4. The third-order valence-electron chi connectivity index (χ3n) is 7.35. The second-order valence-electron chi connectivity index (χ2n) is 10.1. The zero-order valence-corrected chi connectivity index (χ0v) is 23.0. The van der Waals surface area contributed by atoms with Crippen LogP contribution < -0.4 is 10.1 Å². The van der Waals surface area contributed by atoms with Gasteiger partial charge in [-0.3, -0.25) is 4.79 Å². The third-order valence-corrected chi connectivity index (χ3v) is 7.35. The number of nitrogens with zero attached hydrogens (tertiary/aromatic N) is 1. The Morgan fingerprint density at radius 2 is 1.92 bits per heavy atom. The molecule has 1 aliphatic carbocycles. The van der Waals surface area contributed by atoms with Crippen molar-refractivity contribution in [1.82, 2.24) is 4.98 Å². The Labute approximate surface area is 230 Å². The predicted molar refractivity (Wildman–Crippen MR) is 153 cm³/mol. The van der Waals surface area contributed by atoms with Gasteiger partial charge in [-0.05, 0) is 86.1 Å². The fraction of sp³-hybridized carbons (Fsp3) is 0.333. The number of nitrogens with one attached hydrogen (secondary N) is 1. The van der Waals surface area contributed by atoms with Gasteiger partial charge in [0.2, 0.25) is 5.89 Å². The molecule has 0 fully saturated rings. The number of benzene rings is 3. The van der Waals surface area contributed by atoms with E-state index in [1.165, 1.54) is 22.3 Å². The van der Waals surface area contributed by atoms with Gasteiger partial charge in [-0.1, -0.05) is 42.5 Å². The molecule has 39 heavy (non-hydrogen) atoms. The van der Waals surface area contributed by atoms with Gasteiger partial charge in [0.25, 0.3) is 0 Å². The Morgan fingerprint density at radius 3 is 2.74 bits per heavy atom. The summed E-state index contributed by atoms with van der Waals surface area (Å²) in [5.41, 5.74) is 7.83. The summed E-state index contributed by atoms with van der Waals surface area (Å²) in [5, 5.41) is 3.54. The van der Waals surface area contributed by atoms with Crippen LogP contribution in [-0.2, 0) is 28.9 Å². The summed E-state index contributed by atoms with van der Waals surface area (Å²) in [5.74, 6) is 2.39. The van der Waals surface area contributed by atoms with E-state index >= 15 is 0 Å². The van der Waals surface area contributed by atoms with Gasteiger partial charge < -0.3 is 19.2 Å². The number of hydrogen-bond acceptors (Lipinski definition) is 6. The van der Waals surface area contributed by atoms with Crippen molar-refractivity contribution in [2.75, 3.05) is 18.5 Å². The van der Waals surface area contributed by atoms with E-state index in [0.717, 1.165) is 47.8 Å². The summed E-state index contributed by atoms with van der Waals surface area (Å²) in [7, 11) is 0. The highest BCUT2D eigenvalue weighted by molar-refractivity contribution is 5.71. The molecule has 0 saturated heterocycles. The highest BCUT2D eigenvalue weighted by atomic mass is 16.5. The minimum absolute atomic E-state index is 0.122. The number of aryl methyl sites for hydroxylation is 3. The molecule has 0 spiro atoms. The average Bonchev–Trinajstić information content (AvgIpc) is 3.51. The first kappa shape index (κ1) is 26.5. The van der Waals surface area contributed by atoms with E-state index in [0.29, 0.717) is 31.9 Å². The first-order valence-corrected chi connectivity index (χ1v) is 13.8. The van der Waals surface area contributed by atoms with Gasteiger partial charge in [0.05, 0.1) is 25.3 Å². The van der Waals surface area contributed by atoms with Crippen LogP contribution in [0.5, 0.6) is 5.75 Å². The van der Waals surface area contributed by atoms with Crippen molar-refractivity contribution in [3.8, 4) is 17.2 Å². The zero-order valence-electron chi connectivity index (χ0n) is 23.0. The molecule has 1 aromatic heterocycles. The summed E-state index contributed by atoms with van der Waals surface area (Å²) >= 11 is 0. The van der Waals surface area contributed by atoms with E-state index in [4.69, 9.17) is 18.9 Å². The molecule has 0 amide bonds. The van der Waals surface area contributed by atoms with Crippen LogP contribution in [-0.4, -0.2) is 24.2 Å². The first-order valence-electron chi connectivity index (χ1n) is 13.8. The lowest BCUT2D eigenvalue weighted by molar-refractivity contribution is -0.143. The van der Waals surface area contributed by atoms with Gasteiger partial charge in [0, 0.05) is 24.2 Å². The van der Waals surface area contributed by atoms with E-state index in [1.54, 1.807) is 0 Å². The molecule has 1 atom stereocenters. The highest BCUT2D eigenvalue weighted by Crippen LogP contribution is 2.37. The smallest absolute Gasteiger partial charge is 0.306 e. The maximum atomic E-state index is 11.9. The molecule has 1 aliphatic rings. The number of hydrogen-bond donors (Lipinski definition) is 1. The van der Waals surface area contributed by atoms with Crippen molar-refractivity contribution in [1.29, 1.82) is 0 Å². The van der Waals surface area contributed by atoms with Crippen LogP contribution in [0.1, 0.15) is 59.4 Å². The standard InChI is InChI=1S/C33H36N2O4/c1-4-37-32(36)20-26-13-12-25-18-28(14-15-29(25)26)38-17-16-30-23(3)39-33(35-30)27-11-10-22(2)31(19-27)34-21-24-8-6-5-7-9-24/h5-11,14-15,18-19,26,34H,4,12-13,16-17,20-21H2,1-3H3/t26-/m0/s1. The van der Waals surface area contributed by atoms with Crippen LogP contribution >= 0.6 is 0 Å². The minimum atomic E-state index is -0.122. The largest absolute Gasteiger partial charge is 0.493 e. The number of aromatic nitrogens is 1. The topological polar surface area (TPSA) is 73.6 Å². The molecule has 0 saturated carbocycles. The fourth-order valence-electron chi connectivity index (χ4n) is 5.19. The molecule has 5 rings (SSSR count). The molecule has 0 bridgehead atoms. The zero-order chi connectivity index (χ0) is 27.2. The number of carbonyl (C=O) groups is 1. The van der Waals surface area contributed by atoms with Gasteiger partial charge in [-0.2, -0.15) is 0 Å². The van der Waals surface area contributed by atoms with E-state index in [1.807, 2.05) is 32.0 Å². The van der Waals surface area contributed by atoms with E-state index < -0.39 is 0 Å². The van der Waals surface area contributed by atoms with E-state index in [2.05, 4.69) is 60.8 Å². The lowest BCUT2D eigenvalue weighted by Crippen LogP contribution is -2.08. The van der Waals surface area contributed by atoms with Crippen LogP contribution in [0, 0.1) is 13.8 Å². The lowest BCUT2D eigenvalue weighted by Gasteiger charge is -2.12. The molecule has 4 aromatic rings. The number of oxazole rings is 1. The summed E-state index contributed by atoms with van der Waals surface area (Å²) in [6.07, 6.45) is 3.03. The quantitative estimate of drug-likeness (QED) is 0.210. The van der Waals surface area contributed by atoms with Crippen LogP contribution in [0.2, 0.25) is 0 Å². The Kier molecular flexibility index (Phi) is 8.30. The predicted octanol–water partition coefficient (Wildman–Crippen LogP) is 7.18. The lowest BCUT2D eigenvalue weighted by atomic mass is 9.98. The Hall–Kier alpha value is -4.06. The molecule has 0 radical (unpaired) electrons. The molecule has 6 nitrogen and oxygen atoms in total. The monoisotopic (exact) mass is 524 g/mol. The second-order valence-corrected chi connectivity index (χ2v) is 10.1. The van der Waals surface area contributed by atoms with Gasteiger partial charge in [-0.15, -0.1) is 0 Å². The molecule has 1 heterocycles. The van der Waals surface area contributed by atoms with Crippen molar-refractivity contribution in [3.63, 3.8) is 0 Å². The molecule has 202 valence electrons. The first-order chi connectivity index (χ1) is 19.0. The number of esters is 1. The number of carbonyl (C=O) groups excluding carboxylic acids is 1. The van der Waals surface area contributed by atoms with Crippen molar-refractivity contribution in [3.05, 3.63) is 100 Å². The average molecular weight is 525 g/mol. The van der Waals surface area contributed by atoms with Crippen LogP contribution in [0.25, 0.3) is 11.5 Å². The van der Waals surface area contributed by atoms with Crippen molar-refractivity contribution in [2.45, 2.75) is 58.9 Å². The Morgan fingerprint density at radius 1 is 1.08 bits per heavy atom. The van der Waals surface area contributed by atoms with Gasteiger partial charge in [0.1, 0.15) is 11.5 Å². The normalized spacial score (nSPS) is 14.2. The van der Waals surface area contributed by atoms with Crippen LogP contribution in [0.3, 0.4) is 0 Å². The van der Waals surface area contributed by atoms with Crippen LogP contribution in [0.15, 0.2) is 71.1 Å². The van der Waals surface area contributed by atoms with Crippen molar-refractivity contribution < 1.29 is 18.7 Å². The highest BCUT2D eigenvalue weighted by Gasteiger charge is 2.25. The summed E-state index contributed by atoms with van der Waals surface area (Å²) < 4.78 is 17.3. The molecule has 0 unspecified atom stereocenters. The molecule has 1 N–H and O–H groups in total. The summed E-state index contributed by atoms with van der Waals surface area (Å²) in [6.45, 7) is 7.59. The second kappa shape index (κ2) is 12.2. The fourth-order valence-corrected chi connectivity index (χ4v) is 5.19. The van der Waals surface area contributed by atoms with Gasteiger partial charge in [0.15, 0.2) is 0 Å². The van der Waals surface area contributed by atoms with E-state index in [-0.39, 0.29) is 11.9 Å². The maximum Gasteiger partial charge on any atom is 0.306 e. The van der Waals surface area contributed by atoms with E-state index in [9.17, 15) is 4.79 Å². The van der Waals surface area contributed by atoms with Crippen LogP contribution in [0.4, 0.5) is 5.69 Å². The number of rotatable bonds is 11. The number of anilines is 1. The Balaban J connectivity index is 1.18. The molecular weight excluding hydrogens is 488 g/mol. The maximum absolute atomic E-state index is 11.9. The summed E-state index contributed by atoms with van der Waals surface area (Å²) in [6, 6.07) is 22.8. The number of ether oxygens (including phenoxy) is 2. The van der Waals surface area contributed by atoms with Gasteiger partial charge in [-0.25, -0.2) is 4.98 Å². The third kappa shape index (κ3) is 6.51. The Bertz CT molecular complexity index is 1430. The molecule has 3 aromatic carbocycles. The van der Waals surface area contributed by atoms with Crippen molar-refractivity contribution in [2.24, 2.45) is 0 Å². The van der Waals surface area contributed by atoms with Gasteiger partial charge >= 0.3 is 5.97 Å².